The second-order valence-corrected chi connectivity index (χ2v) is 6.27. The molecule has 0 radical (unpaired) electrons. The first-order valence-corrected chi connectivity index (χ1v) is 8.55. The van der Waals surface area contributed by atoms with E-state index in [9.17, 15) is 4.79 Å². The number of rotatable bonds is 5. The maximum absolute atomic E-state index is 12.1. The van der Waals surface area contributed by atoms with E-state index in [1.54, 1.807) is 18.5 Å². The van der Waals surface area contributed by atoms with Gasteiger partial charge in [-0.1, -0.05) is 12.1 Å². The van der Waals surface area contributed by atoms with Crippen LogP contribution in [0.1, 0.15) is 35.5 Å². The maximum atomic E-state index is 12.1. The van der Waals surface area contributed by atoms with Crippen LogP contribution in [0.5, 0.6) is 0 Å². The third kappa shape index (κ3) is 4.25. The fourth-order valence-corrected chi connectivity index (χ4v) is 2.79. The molecule has 0 fully saturated rings. The minimum atomic E-state index is -0.128. The number of nitrogens with one attached hydrogen (secondary N) is 1. The maximum Gasteiger partial charge on any atom is 0.244 e. The van der Waals surface area contributed by atoms with E-state index in [0.717, 1.165) is 28.2 Å². The average Bonchev–Trinajstić information content (AvgIpc) is 2.99. The van der Waals surface area contributed by atoms with Gasteiger partial charge in [-0.3, -0.25) is 9.78 Å². The van der Waals surface area contributed by atoms with E-state index in [2.05, 4.69) is 15.4 Å². The highest BCUT2D eigenvalue weighted by Crippen LogP contribution is 2.17. The summed E-state index contributed by atoms with van der Waals surface area (Å²) in [6.07, 6.45) is 6.71. The van der Waals surface area contributed by atoms with Gasteiger partial charge >= 0.3 is 0 Å². The summed E-state index contributed by atoms with van der Waals surface area (Å²) >= 11 is 0. The first-order chi connectivity index (χ1) is 12.5. The monoisotopic (exact) mass is 346 g/mol. The number of benzene rings is 1. The SMILES string of the molecule is Cc1cc(C)n(-c2ccc(C(C)NC(=O)C=Cc3ccncc3)cc2)n1. The van der Waals surface area contributed by atoms with E-state index >= 15 is 0 Å². The van der Waals surface area contributed by atoms with Gasteiger partial charge in [0.25, 0.3) is 0 Å². The van der Waals surface area contributed by atoms with Crippen LogP contribution in [-0.2, 0) is 4.79 Å². The molecule has 2 heterocycles. The molecule has 3 rings (SSSR count). The lowest BCUT2D eigenvalue weighted by Gasteiger charge is -2.14. The molecule has 1 aromatic carbocycles. The second-order valence-electron chi connectivity index (χ2n) is 6.27. The Morgan fingerprint density at radius 3 is 2.42 bits per heavy atom. The molecule has 132 valence electrons. The van der Waals surface area contributed by atoms with Gasteiger partial charge in [0.15, 0.2) is 0 Å². The van der Waals surface area contributed by atoms with Crippen LogP contribution in [0.3, 0.4) is 0 Å². The summed E-state index contributed by atoms with van der Waals surface area (Å²) in [5.41, 5.74) is 5.08. The average molecular weight is 346 g/mol. The molecule has 2 aromatic heterocycles. The quantitative estimate of drug-likeness (QED) is 0.715. The molecular formula is C21H22N4O. The van der Waals surface area contributed by atoms with Gasteiger partial charge in [0.2, 0.25) is 5.91 Å². The third-order valence-electron chi connectivity index (χ3n) is 4.14. The van der Waals surface area contributed by atoms with Crippen molar-refractivity contribution in [2.45, 2.75) is 26.8 Å². The van der Waals surface area contributed by atoms with Crippen molar-refractivity contribution < 1.29 is 4.79 Å². The number of nitrogens with zero attached hydrogens (tertiary/aromatic N) is 3. The number of carbonyl (C=O) groups is 1. The number of aromatic nitrogens is 3. The minimum absolute atomic E-state index is 0.0842. The van der Waals surface area contributed by atoms with Gasteiger partial charge in [0.1, 0.15) is 0 Å². The van der Waals surface area contributed by atoms with E-state index < -0.39 is 0 Å². The van der Waals surface area contributed by atoms with Crippen LogP contribution in [0, 0.1) is 13.8 Å². The zero-order valence-electron chi connectivity index (χ0n) is 15.2. The first-order valence-electron chi connectivity index (χ1n) is 8.55. The Balaban J connectivity index is 1.64. The van der Waals surface area contributed by atoms with Crippen LogP contribution in [0.2, 0.25) is 0 Å². The molecule has 3 aromatic rings. The predicted molar refractivity (Wildman–Crippen MR) is 103 cm³/mol. The molecule has 0 aliphatic rings. The zero-order valence-corrected chi connectivity index (χ0v) is 15.2. The van der Waals surface area contributed by atoms with Gasteiger partial charge in [0.05, 0.1) is 17.4 Å². The van der Waals surface area contributed by atoms with Gasteiger partial charge in [-0.15, -0.1) is 0 Å². The van der Waals surface area contributed by atoms with Crippen LogP contribution in [0.25, 0.3) is 11.8 Å². The molecule has 0 aliphatic heterocycles. The Labute approximate surface area is 153 Å². The number of aryl methyl sites for hydroxylation is 2. The van der Waals surface area contributed by atoms with Crippen molar-refractivity contribution >= 4 is 12.0 Å². The van der Waals surface area contributed by atoms with E-state index in [1.165, 1.54) is 6.08 Å². The van der Waals surface area contributed by atoms with E-state index in [1.807, 2.05) is 67.9 Å². The van der Waals surface area contributed by atoms with Crippen LogP contribution < -0.4 is 5.32 Å². The fourth-order valence-electron chi connectivity index (χ4n) is 2.79. The summed E-state index contributed by atoms with van der Waals surface area (Å²) in [5, 5.41) is 7.47. The van der Waals surface area contributed by atoms with Crippen molar-refractivity contribution in [1.82, 2.24) is 20.1 Å². The number of hydrogen-bond donors (Lipinski definition) is 1. The molecule has 0 aliphatic carbocycles. The van der Waals surface area contributed by atoms with Crippen molar-refractivity contribution in [2.24, 2.45) is 0 Å². The lowest BCUT2D eigenvalue weighted by molar-refractivity contribution is -0.117. The normalized spacial score (nSPS) is 12.3. The first kappa shape index (κ1) is 17.6. The summed E-state index contributed by atoms with van der Waals surface area (Å²) in [6, 6.07) is 13.7. The molecule has 1 unspecified atom stereocenters. The summed E-state index contributed by atoms with van der Waals surface area (Å²) < 4.78 is 1.92. The van der Waals surface area contributed by atoms with Crippen molar-refractivity contribution in [2.75, 3.05) is 0 Å². The molecule has 1 atom stereocenters. The van der Waals surface area contributed by atoms with Gasteiger partial charge in [-0.05, 0) is 68.3 Å². The number of hydrogen-bond acceptors (Lipinski definition) is 3. The molecule has 5 nitrogen and oxygen atoms in total. The van der Waals surface area contributed by atoms with E-state index in [-0.39, 0.29) is 11.9 Å². The highest BCUT2D eigenvalue weighted by molar-refractivity contribution is 5.91. The Bertz CT molecular complexity index is 911. The highest BCUT2D eigenvalue weighted by atomic mass is 16.1. The molecule has 1 N–H and O–H groups in total. The molecule has 0 saturated carbocycles. The molecule has 1 amide bonds. The van der Waals surface area contributed by atoms with Crippen molar-refractivity contribution in [1.29, 1.82) is 0 Å². The zero-order chi connectivity index (χ0) is 18.5. The van der Waals surface area contributed by atoms with E-state index in [0.29, 0.717) is 0 Å². The molecule has 0 spiro atoms. The van der Waals surface area contributed by atoms with Gasteiger partial charge < -0.3 is 5.32 Å². The van der Waals surface area contributed by atoms with Crippen molar-refractivity contribution in [3.63, 3.8) is 0 Å². The second kappa shape index (κ2) is 7.78. The smallest absolute Gasteiger partial charge is 0.244 e. The van der Waals surface area contributed by atoms with Gasteiger partial charge in [0, 0.05) is 24.2 Å². The lowest BCUT2D eigenvalue weighted by atomic mass is 10.1. The standard InChI is InChI=1S/C21H22N4O/c1-15-14-16(2)25(24-15)20-7-5-19(6-8-20)17(3)23-21(26)9-4-18-10-12-22-13-11-18/h4-14,17H,1-3H3,(H,23,26). The van der Waals surface area contributed by atoms with E-state index in [4.69, 9.17) is 0 Å². The highest BCUT2D eigenvalue weighted by Gasteiger charge is 2.09. The summed E-state index contributed by atoms with van der Waals surface area (Å²) in [7, 11) is 0. The molecule has 0 bridgehead atoms. The van der Waals surface area contributed by atoms with Crippen LogP contribution in [0.4, 0.5) is 0 Å². The Morgan fingerprint density at radius 1 is 1.12 bits per heavy atom. The summed E-state index contributed by atoms with van der Waals surface area (Å²) in [6.45, 7) is 5.98. The topological polar surface area (TPSA) is 59.8 Å². The van der Waals surface area contributed by atoms with Crippen LogP contribution in [-0.4, -0.2) is 20.7 Å². The fraction of sp³-hybridized carbons (Fsp3) is 0.190. The molecule has 0 saturated heterocycles. The van der Waals surface area contributed by atoms with Crippen molar-refractivity contribution in [3.8, 4) is 5.69 Å². The minimum Gasteiger partial charge on any atom is -0.346 e. The number of amides is 1. The molecule has 26 heavy (non-hydrogen) atoms. The lowest BCUT2D eigenvalue weighted by Crippen LogP contribution is -2.24. The number of pyridine rings is 1. The summed E-state index contributed by atoms with van der Waals surface area (Å²) in [5.74, 6) is -0.128. The number of carbonyl (C=O) groups excluding carboxylic acids is 1. The van der Waals surface area contributed by atoms with Crippen LogP contribution in [0.15, 0.2) is 60.9 Å². The van der Waals surface area contributed by atoms with Gasteiger partial charge in [-0.2, -0.15) is 5.10 Å². The Hall–Kier alpha value is -3.21. The predicted octanol–water partition coefficient (Wildman–Crippen LogP) is 3.77. The molecule has 5 heteroatoms. The molecular weight excluding hydrogens is 324 g/mol. The summed E-state index contributed by atoms with van der Waals surface area (Å²) in [4.78, 5) is 16.1. The van der Waals surface area contributed by atoms with Gasteiger partial charge in [-0.25, -0.2) is 4.68 Å². The van der Waals surface area contributed by atoms with Crippen molar-refractivity contribution in [3.05, 3.63) is 83.4 Å². The van der Waals surface area contributed by atoms with Crippen LogP contribution >= 0.6 is 0 Å². The third-order valence-corrected chi connectivity index (χ3v) is 4.14. The Morgan fingerprint density at radius 2 is 1.81 bits per heavy atom. The Kier molecular flexibility index (Phi) is 5.27. The largest absolute Gasteiger partial charge is 0.346 e.